The van der Waals surface area contributed by atoms with Gasteiger partial charge in [0.05, 0.1) is 7.11 Å². The first kappa shape index (κ1) is 15.4. The van der Waals surface area contributed by atoms with Crippen molar-refractivity contribution in [2.24, 2.45) is 11.8 Å². The van der Waals surface area contributed by atoms with Crippen molar-refractivity contribution in [3.05, 3.63) is 29.8 Å². The normalized spacial score (nSPS) is 25.0. The van der Waals surface area contributed by atoms with Crippen LogP contribution in [0.5, 0.6) is 5.75 Å². The van der Waals surface area contributed by atoms with Crippen LogP contribution in [-0.2, 0) is 4.79 Å². The van der Waals surface area contributed by atoms with Crippen LogP contribution < -0.4 is 10.1 Å². The van der Waals surface area contributed by atoms with E-state index in [1.54, 1.807) is 7.11 Å². The third-order valence-corrected chi connectivity index (χ3v) is 5.47. The summed E-state index contributed by atoms with van der Waals surface area (Å²) in [5.74, 6) is 2.22. The minimum atomic E-state index is -0.0743. The molecule has 0 unspecified atom stereocenters. The Balaban J connectivity index is 1.60. The Labute approximate surface area is 133 Å². The van der Waals surface area contributed by atoms with Crippen LogP contribution in [0.3, 0.4) is 0 Å². The van der Waals surface area contributed by atoms with Crippen molar-refractivity contribution in [3.63, 3.8) is 0 Å². The highest BCUT2D eigenvalue weighted by Gasteiger charge is 2.46. The molecule has 0 saturated heterocycles. The van der Waals surface area contributed by atoms with Crippen LogP contribution in [0.25, 0.3) is 0 Å². The number of carbonyl (C=O) groups is 1. The molecule has 2 fully saturated rings. The maximum absolute atomic E-state index is 12.6. The zero-order valence-electron chi connectivity index (χ0n) is 13.9. The van der Waals surface area contributed by atoms with E-state index < -0.39 is 0 Å². The van der Waals surface area contributed by atoms with E-state index >= 15 is 0 Å². The molecule has 2 aliphatic rings. The van der Waals surface area contributed by atoms with Gasteiger partial charge in [0.2, 0.25) is 5.91 Å². The minimum absolute atomic E-state index is 0.0743. The van der Waals surface area contributed by atoms with Crippen molar-refractivity contribution in [2.75, 3.05) is 7.11 Å². The molecular formula is C19H27NO2. The number of ether oxygens (including phenoxy) is 1. The Morgan fingerprint density at radius 2 is 2.00 bits per heavy atom. The average Bonchev–Trinajstić information content (AvgIpc) is 3.11. The molecule has 1 aromatic carbocycles. The van der Waals surface area contributed by atoms with Crippen molar-refractivity contribution in [2.45, 2.75) is 57.4 Å². The third kappa shape index (κ3) is 3.13. The number of benzene rings is 1. The van der Waals surface area contributed by atoms with E-state index in [1.165, 1.54) is 31.2 Å². The molecule has 3 rings (SSSR count). The summed E-state index contributed by atoms with van der Waals surface area (Å²) in [6, 6.07) is 8.11. The average molecular weight is 301 g/mol. The van der Waals surface area contributed by atoms with Crippen LogP contribution >= 0.6 is 0 Å². The lowest BCUT2D eigenvalue weighted by Crippen LogP contribution is -2.49. The smallest absolute Gasteiger partial charge is 0.224 e. The third-order valence-electron chi connectivity index (χ3n) is 5.47. The highest BCUT2D eigenvalue weighted by molar-refractivity contribution is 5.83. The van der Waals surface area contributed by atoms with Crippen LogP contribution in [0.2, 0.25) is 0 Å². The van der Waals surface area contributed by atoms with Gasteiger partial charge in [-0.05, 0) is 62.6 Å². The molecule has 1 N–H and O–H groups in total. The van der Waals surface area contributed by atoms with Gasteiger partial charge >= 0.3 is 0 Å². The van der Waals surface area contributed by atoms with Crippen molar-refractivity contribution >= 4 is 5.91 Å². The van der Waals surface area contributed by atoms with E-state index in [-0.39, 0.29) is 17.4 Å². The quantitative estimate of drug-likeness (QED) is 0.896. The minimum Gasteiger partial charge on any atom is -0.497 e. The predicted octanol–water partition coefficient (Wildman–Crippen LogP) is 3.88. The number of hydrogen-bond acceptors (Lipinski definition) is 2. The van der Waals surface area contributed by atoms with Gasteiger partial charge in [0, 0.05) is 11.5 Å². The SMILES string of the molecule is COc1cccc([C@@H]2C[C@H]2C(=O)NC(C)(C)C2CCCC2)c1. The van der Waals surface area contributed by atoms with Gasteiger partial charge in [-0.1, -0.05) is 25.0 Å². The van der Waals surface area contributed by atoms with Crippen LogP contribution in [-0.4, -0.2) is 18.6 Å². The second-order valence-corrected chi connectivity index (χ2v) is 7.42. The molecule has 1 aromatic rings. The first-order valence-corrected chi connectivity index (χ1v) is 8.47. The van der Waals surface area contributed by atoms with E-state index in [1.807, 2.05) is 12.1 Å². The van der Waals surface area contributed by atoms with Gasteiger partial charge in [0.1, 0.15) is 5.75 Å². The van der Waals surface area contributed by atoms with Crippen molar-refractivity contribution in [1.29, 1.82) is 0 Å². The van der Waals surface area contributed by atoms with Crippen molar-refractivity contribution < 1.29 is 9.53 Å². The van der Waals surface area contributed by atoms with Crippen LogP contribution in [0.15, 0.2) is 24.3 Å². The highest BCUT2D eigenvalue weighted by atomic mass is 16.5. The lowest BCUT2D eigenvalue weighted by molar-refractivity contribution is -0.124. The second kappa shape index (κ2) is 5.94. The lowest BCUT2D eigenvalue weighted by atomic mass is 9.86. The predicted molar refractivity (Wildman–Crippen MR) is 88.0 cm³/mol. The molecule has 22 heavy (non-hydrogen) atoms. The molecule has 0 spiro atoms. The van der Waals surface area contributed by atoms with Crippen LogP contribution in [0, 0.1) is 11.8 Å². The molecule has 3 heteroatoms. The van der Waals surface area contributed by atoms with Crippen molar-refractivity contribution in [3.8, 4) is 5.75 Å². The van der Waals surface area contributed by atoms with Crippen molar-refractivity contribution in [1.82, 2.24) is 5.32 Å². The first-order chi connectivity index (χ1) is 10.5. The molecule has 0 aliphatic heterocycles. The summed E-state index contributed by atoms with van der Waals surface area (Å²) in [7, 11) is 1.68. The maximum Gasteiger partial charge on any atom is 0.224 e. The Morgan fingerprint density at radius 3 is 2.68 bits per heavy atom. The molecule has 0 radical (unpaired) electrons. The standard InChI is InChI=1S/C19H27NO2/c1-19(2,14-8-4-5-9-14)20-18(21)17-12-16(17)13-7-6-10-15(11-13)22-3/h6-7,10-11,14,16-17H,4-5,8-9,12H2,1-3H3,(H,20,21)/t16-,17+/m0/s1. The summed E-state index contributed by atoms with van der Waals surface area (Å²) >= 11 is 0. The second-order valence-electron chi connectivity index (χ2n) is 7.42. The number of nitrogens with one attached hydrogen (secondary N) is 1. The fraction of sp³-hybridized carbons (Fsp3) is 0.632. The molecule has 1 amide bonds. The van der Waals surface area contributed by atoms with Gasteiger partial charge in [-0.3, -0.25) is 4.79 Å². The first-order valence-electron chi connectivity index (χ1n) is 8.47. The summed E-state index contributed by atoms with van der Waals surface area (Å²) in [5.41, 5.74) is 1.15. The number of hydrogen-bond donors (Lipinski definition) is 1. The van der Waals surface area contributed by atoms with E-state index in [0.717, 1.165) is 12.2 Å². The fourth-order valence-corrected chi connectivity index (χ4v) is 3.89. The Morgan fingerprint density at radius 1 is 1.27 bits per heavy atom. The number of methoxy groups -OCH3 is 1. The zero-order chi connectivity index (χ0) is 15.7. The molecule has 2 saturated carbocycles. The number of amides is 1. The largest absolute Gasteiger partial charge is 0.497 e. The van der Waals surface area contributed by atoms with E-state index in [0.29, 0.717) is 11.8 Å². The van der Waals surface area contributed by atoms with Gasteiger partial charge in [-0.2, -0.15) is 0 Å². The topological polar surface area (TPSA) is 38.3 Å². The molecule has 0 bridgehead atoms. The summed E-state index contributed by atoms with van der Waals surface area (Å²) in [4.78, 5) is 12.6. The van der Waals surface area contributed by atoms with Gasteiger partial charge in [-0.15, -0.1) is 0 Å². The summed E-state index contributed by atoms with van der Waals surface area (Å²) in [6.07, 6.45) is 6.06. The maximum atomic E-state index is 12.6. The summed E-state index contributed by atoms with van der Waals surface area (Å²) < 4.78 is 5.28. The Hall–Kier alpha value is -1.51. The molecule has 2 atom stereocenters. The molecule has 120 valence electrons. The molecule has 2 aliphatic carbocycles. The fourth-order valence-electron chi connectivity index (χ4n) is 3.89. The van der Waals surface area contributed by atoms with Gasteiger partial charge in [0.25, 0.3) is 0 Å². The highest BCUT2D eigenvalue weighted by Crippen LogP contribution is 2.48. The monoisotopic (exact) mass is 301 g/mol. The Bertz CT molecular complexity index is 546. The Kier molecular flexibility index (Phi) is 4.16. The van der Waals surface area contributed by atoms with E-state index in [2.05, 4.69) is 31.3 Å². The molecule has 3 nitrogen and oxygen atoms in total. The van der Waals surface area contributed by atoms with Gasteiger partial charge in [0.15, 0.2) is 0 Å². The van der Waals surface area contributed by atoms with E-state index in [4.69, 9.17) is 4.74 Å². The number of rotatable bonds is 5. The van der Waals surface area contributed by atoms with Crippen LogP contribution in [0.1, 0.15) is 57.4 Å². The van der Waals surface area contributed by atoms with Gasteiger partial charge < -0.3 is 10.1 Å². The number of carbonyl (C=O) groups excluding carboxylic acids is 1. The van der Waals surface area contributed by atoms with E-state index in [9.17, 15) is 4.79 Å². The van der Waals surface area contributed by atoms with Gasteiger partial charge in [-0.25, -0.2) is 0 Å². The molecule has 0 aromatic heterocycles. The lowest BCUT2D eigenvalue weighted by Gasteiger charge is -2.33. The summed E-state index contributed by atoms with van der Waals surface area (Å²) in [5, 5.41) is 3.32. The molecular weight excluding hydrogens is 274 g/mol. The van der Waals surface area contributed by atoms with Crippen LogP contribution in [0.4, 0.5) is 0 Å². The summed E-state index contributed by atoms with van der Waals surface area (Å²) in [6.45, 7) is 4.37. The zero-order valence-corrected chi connectivity index (χ0v) is 13.9. The molecule has 0 heterocycles.